The lowest BCUT2D eigenvalue weighted by molar-refractivity contribution is 0.0693. The number of anilines is 1. The molecule has 0 saturated heterocycles. The van der Waals surface area contributed by atoms with Crippen LogP contribution in [0.25, 0.3) is 0 Å². The number of ether oxygens (including phenoxy) is 1. The summed E-state index contributed by atoms with van der Waals surface area (Å²) in [6, 6.07) is 2.41. The minimum atomic E-state index is -3.51. The van der Waals surface area contributed by atoms with Crippen LogP contribution in [0.4, 0.5) is 5.69 Å². The summed E-state index contributed by atoms with van der Waals surface area (Å²) in [5.74, 6) is -1.19. The molecule has 1 aromatic rings. The zero-order valence-electron chi connectivity index (χ0n) is 11.1. The Balaban J connectivity index is 3.11. The van der Waals surface area contributed by atoms with Gasteiger partial charge in [0.25, 0.3) is 0 Å². The number of aromatic carboxylic acids is 1. The first-order chi connectivity index (χ1) is 9.30. The third kappa shape index (κ3) is 4.28. The Bertz CT molecular complexity index is 600. The second-order valence-electron chi connectivity index (χ2n) is 4.11. The van der Waals surface area contributed by atoms with E-state index < -0.39 is 16.0 Å². The van der Waals surface area contributed by atoms with Crippen LogP contribution in [0.15, 0.2) is 12.1 Å². The van der Waals surface area contributed by atoms with Gasteiger partial charge in [-0.15, -0.1) is 0 Å². The fraction of sp³-hybridized carbons (Fsp3) is 0.417. The molecule has 0 aliphatic heterocycles. The van der Waals surface area contributed by atoms with Gasteiger partial charge in [0.1, 0.15) is 11.3 Å². The Labute approximate surface area is 122 Å². The average molecular weight is 322 g/mol. The van der Waals surface area contributed by atoms with Gasteiger partial charge in [0.2, 0.25) is 10.0 Å². The molecule has 1 rings (SSSR count). The number of rotatable bonds is 7. The number of nitrogens with one attached hydrogen (secondary N) is 1. The SMILES string of the molecule is CCCCS(=O)(=O)Nc1cc(OC)c(C(=O)O)cc1Cl. The number of hydrogen-bond donors (Lipinski definition) is 2. The molecule has 0 spiro atoms. The third-order valence-corrected chi connectivity index (χ3v) is 4.22. The van der Waals surface area contributed by atoms with Crippen molar-refractivity contribution in [1.82, 2.24) is 0 Å². The molecule has 0 aromatic heterocycles. The van der Waals surface area contributed by atoms with Crippen molar-refractivity contribution in [1.29, 1.82) is 0 Å². The van der Waals surface area contributed by atoms with E-state index in [4.69, 9.17) is 21.4 Å². The van der Waals surface area contributed by atoms with E-state index in [1.54, 1.807) is 0 Å². The standard InChI is InChI=1S/C12H16ClNO5S/c1-3-4-5-20(17,18)14-10-7-11(19-2)8(12(15)16)6-9(10)13/h6-7,14H,3-5H2,1-2H3,(H,15,16). The van der Waals surface area contributed by atoms with Gasteiger partial charge in [0.05, 0.1) is 23.6 Å². The van der Waals surface area contributed by atoms with Gasteiger partial charge in [0.15, 0.2) is 0 Å². The normalized spacial score (nSPS) is 11.2. The molecule has 0 radical (unpaired) electrons. The first-order valence-electron chi connectivity index (χ1n) is 5.92. The molecular weight excluding hydrogens is 306 g/mol. The zero-order valence-corrected chi connectivity index (χ0v) is 12.7. The Morgan fingerprint density at radius 1 is 1.45 bits per heavy atom. The molecule has 6 nitrogen and oxygen atoms in total. The van der Waals surface area contributed by atoms with E-state index in [2.05, 4.69) is 4.72 Å². The fourth-order valence-electron chi connectivity index (χ4n) is 1.52. The summed E-state index contributed by atoms with van der Waals surface area (Å²) in [6.07, 6.45) is 1.27. The third-order valence-electron chi connectivity index (χ3n) is 2.55. The summed E-state index contributed by atoms with van der Waals surface area (Å²) in [4.78, 5) is 11.0. The summed E-state index contributed by atoms with van der Waals surface area (Å²) in [5.41, 5.74) is -0.0291. The predicted octanol–water partition coefficient (Wildman–Crippen LogP) is 2.59. The highest BCUT2D eigenvalue weighted by Gasteiger charge is 2.18. The highest BCUT2D eigenvalue weighted by Crippen LogP contribution is 2.31. The Hall–Kier alpha value is -1.47. The molecule has 2 N–H and O–H groups in total. The fourth-order valence-corrected chi connectivity index (χ4v) is 3.06. The van der Waals surface area contributed by atoms with Gasteiger partial charge in [-0.05, 0) is 12.5 Å². The maximum atomic E-state index is 11.8. The molecule has 0 fully saturated rings. The van der Waals surface area contributed by atoms with Crippen molar-refractivity contribution < 1.29 is 23.1 Å². The van der Waals surface area contributed by atoms with Crippen molar-refractivity contribution >= 4 is 33.3 Å². The highest BCUT2D eigenvalue weighted by molar-refractivity contribution is 7.92. The monoisotopic (exact) mass is 321 g/mol. The maximum Gasteiger partial charge on any atom is 0.339 e. The van der Waals surface area contributed by atoms with Crippen molar-refractivity contribution in [2.75, 3.05) is 17.6 Å². The van der Waals surface area contributed by atoms with E-state index in [9.17, 15) is 13.2 Å². The van der Waals surface area contributed by atoms with Crippen molar-refractivity contribution in [3.05, 3.63) is 22.7 Å². The van der Waals surface area contributed by atoms with Crippen molar-refractivity contribution in [2.24, 2.45) is 0 Å². The number of methoxy groups -OCH3 is 1. The van der Waals surface area contributed by atoms with Crippen LogP contribution in [0.2, 0.25) is 5.02 Å². The molecule has 0 aliphatic rings. The smallest absolute Gasteiger partial charge is 0.339 e. The van der Waals surface area contributed by atoms with Crippen molar-refractivity contribution in [3.8, 4) is 5.75 Å². The minimum absolute atomic E-state index is 0.00303. The topological polar surface area (TPSA) is 92.7 Å². The summed E-state index contributed by atoms with van der Waals surface area (Å²) in [5, 5.41) is 8.99. The molecular formula is C12H16ClNO5S. The summed E-state index contributed by atoms with van der Waals surface area (Å²) < 4.78 is 30.9. The lowest BCUT2D eigenvalue weighted by atomic mass is 10.2. The lowest BCUT2D eigenvalue weighted by Gasteiger charge is -2.12. The highest BCUT2D eigenvalue weighted by atomic mass is 35.5. The number of halogens is 1. The van der Waals surface area contributed by atoms with E-state index in [0.29, 0.717) is 6.42 Å². The van der Waals surface area contributed by atoms with E-state index in [-0.39, 0.29) is 27.8 Å². The van der Waals surface area contributed by atoms with Crippen LogP contribution in [-0.2, 0) is 10.0 Å². The lowest BCUT2D eigenvalue weighted by Crippen LogP contribution is -2.17. The predicted molar refractivity (Wildman–Crippen MR) is 77.3 cm³/mol. The molecule has 0 unspecified atom stereocenters. The molecule has 1 aromatic carbocycles. The first-order valence-corrected chi connectivity index (χ1v) is 7.95. The first kappa shape index (κ1) is 16.6. The van der Waals surface area contributed by atoms with Gasteiger partial charge < -0.3 is 9.84 Å². The van der Waals surface area contributed by atoms with Gasteiger partial charge in [0, 0.05) is 6.07 Å². The Morgan fingerprint density at radius 2 is 2.10 bits per heavy atom. The number of sulfonamides is 1. The van der Waals surface area contributed by atoms with Crippen LogP contribution < -0.4 is 9.46 Å². The van der Waals surface area contributed by atoms with Gasteiger partial charge in [-0.2, -0.15) is 0 Å². The van der Waals surface area contributed by atoms with E-state index in [1.165, 1.54) is 13.2 Å². The molecule has 0 saturated carbocycles. The minimum Gasteiger partial charge on any atom is -0.496 e. The number of unbranched alkanes of at least 4 members (excludes halogenated alkanes) is 1. The molecule has 20 heavy (non-hydrogen) atoms. The molecule has 0 aliphatic carbocycles. The van der Waals surface area contributed by atoms with Crippen LogP contribution in [0, 0.1) is 0 Å². The number of hydrogen-bond acceptors (Lipinski definition) is 4. The molecule has 0 heterocycles. The summed E-state index contributed by atoms with van der Waals surface area (Å²) in [7, 11) is -2.22. The Kier molecular flexibility index (Phi) is 5.64. The van der Waals surface area contributed by atoms with E-state index >= 15 is 0 Å². The molecule has 0 bridgehead atoms. The zero-order chi connectivity index (χ0) is 15.3. The van der Waals surface area contributed by atoms with Gasteiger partial charge in [-0.25, -0.2) is 13.2 Å². The van der Waals surface area contributed by atoms with E-state index in [1.807, 2.05) is 6.92 Å². The molecule has 0 amide bonds. The summed E-state index contributed by atoms with van der Waals surface area (Å²) >= 11 is 5.90. The van der Waals surface area contributed by atoms with Crippen molar-refractivity contribution in [2.45, 2.75) is 19.8 Å². The van der Waals surface area contributed by atoms with Crippen LogP contribution in [0.5, 0.6) is 5.75 Å². The number of carboxylic acid groups (broad SMARTS) is 1. The number of carboxylic acids is 1. The second-order valence-corrected chi connectivity index (χ2v) is 6.36. The summed E-state index contributed by atoms with van der Waals surface area (Å²) in [6.45, 7) is 1.88. The number of carbonyl (C=O) groups is 1. The molecule has 0 atom stereocenters. The maximum absolute atomic E-state index is 11.8. The number of benzene rings is 1. The van der Waals surface area contributed by atoms with Gasteiger partial charge in [-0.1, -0.05) is 24.9 Å². The molecule has 8 heteroatoms. The molecule has 112 valence electrons. The van der Waals surface area contributed by atoms with Crippen LogP contribution in [0.1, 0.15) is 30.1 Å². The second kappa shape index (κ2) is 6.81. The largest absolute Gasteiger partial charge is 0.496 e. The van der Waals surface area contributed by atoms with Gasteiger partial charge in [-0.3, -0.25) is 4.72 Å². The average Bonchev–Trinajstić information content (AvgIpc) is 2.38. The Morgan fingerprint density at radius 3 is 2.60 bits per heavy atom. The van der Waals surface area contributed by atoms with E-state index in [0.717, 1.165) is 12.5 Å². The van der Waals surface area contributed by atoms with Crippen LogP contribution >= 0.6 is 11.6 Å². The van der Waals surface area contributed by atoms with Crippen LogP contribution in [-0.4, -0.2) is 32.4 Å². The van der Waals surface area contributed by atoms with Crippen molar-refractivity contribution in [3.63, 3.8) is 0 Å². The van der Waals surface area contributed by atoms with Gasteiger partial charge >= 0.3 is 5.97 Å². The quantitative estimate of drug-likeness (QED) is 0.805. The van der Waals surface area contributed by atoms with Crippen LogP contribution in [0.3, 0.4) is 0 Å².